The van der Waals surface area contributed by atoms with Crippen LogP contribution in [0.4, 0.5) is 0 Å². The third-order valence-corrected chi connectivity index (χ3v) is 1.73. The van der Waals surface area contributed by atoms with Crippen molar-refractivity contribution in [1.82, 2.24) is 0 Å². The number of ether oxygens (including phenoxy) is 2. The molecule has 0 spiro atoms. The standard InChI is InChI=1S/C9H11NO3/c1-3-12-7-5-9(6-10,8(7)11)13-4-2/h5H,3-4H2,1-2H3. The van der Waals surface area contributed by atoms with E-state index in [1.807, 2.05) is 6.07 Å². The summed E-state index contributed by atoms with van der Waals surface area (Å²) >= 11 is 0. The number of rotatable bonds is 4. The fraction of sp³-hybridized carbons (Fsp3) is 0.556. The van der Waals surface area contributed by atoms with Crippen molar-refractivity contribution in [3.05, 3.63) is 11.8 Å². The maximum absolute atomic E-state index is 11.4. The van der Waals surface area contributed by atoms with Crippen molar-refractivity contribution in [2.45, 2.75) is 19.4 Å². The van der Waals surface area contributed by atoms with Gasteiger partial charge in [0.25, 0.3) is 0 Å². The lowest BCUT2D eigenvalue weighted by Gasteiger charge is -2.30. The van der Waals surface area contributed by atoms with Crippen molar-refractivity contribution < 1.29 is 14.3 Å². The molecule has 4 nitrogen and oxygen atoms in total. The maximum atomic E-state index is 11.4. The van der Waals surface area contributed by atoms with Gasteiger partial charge in [0.1, 0.15) is 6.07 Å². The highest BCUT2D eigenvalue weighted by atomic mass is 16.5. The largest absolute Gasteiger partial charge is 0.490 e. The summed E-state index contributed by atoms with van der Waals surface area (Å²) in [6.07, 6.45) is 1.42. The molecule has 0 N–H and O–H groups in total. The fourth-order valence-corrected chi connectivity index (χ4v) is 1.13. The van der Waals surface area contributed by atoms with Crippen LogP contribution in [-0.4, -0.2) is 24.6 Å². The van der Waals surface area contributed by atoms with Gasteiger partial charge in [-0.1, -0.05) is 0 Å². The topological polar surface area (TPSA) is 59.3 Å². The summed E-state index contributed by atoms with van der Waals surface area (Å²) in [6.45, 7) is 4.26. The van der Waals surface area contributed by atoms with E-state index in [-0.39, 0.29) is 11.5 Å². The van der Waals surface area contributed by atoms with Crippen LogP contribution in [0.25, 0.3) is 0 Å². The highest BCUT2D eigenvalue weighted by Gasteiger charge is 2.49. The van der Waals surface area contributed by atoms with Gasteiger partial charge in [-0.15, -0.1) is 0 Å². The zero-order valence-electron chi connectivity index (χ0n) is 7.66. The molecule has 1 aliphatic rings. The lowest BCUT2D eigenvalue weighted by Crippen LogP contribution is -2.47. The first-order chi connectivity index (χ1) is 6.20. The van der Waals surface area contributed by atoms with Crippen molar-refractivity contribution in [2.24, 2.45) is 0 Å². The van der Waals surface area contributed by atoms with Gasteiger partial charge in [0.2, 0.25) is 11.4 Å². The third kappa shape index (κ3) is 1.43. The summed E-state index contributed by atoms with van der Waals surface area (Å²) in [5.74, 6) is -0.142. The summed E-state index contributed by atoms with van der Waals surface area (Å²) in [6, 6.07) is 1.83. The molecule has 0 radical (unpaired) electrons. The number of nitriles is 1. The highest BCUT2D eigenvalue weighted by molar-refractivity contribution is 6.11. The number of nitrogens with zero attached hydrogens (tertiary/aromatic N) is 1. The second-order valence-corrected chi connectivity index (χ2v) is 2.55. The number of hydrogen-bond donors (Lipinski definition) is 0. The van der Waals surface area contributed by atoms with Gasteiger partial charge in [-0.3, -0.25) is 4.79 Å². The molecule has 0 heterocycles. The Morgan fingerprint density at radius 3 is 2.62 bits per heavy atom. The van der Waals surface area contributed by atoms with E-state index in [2.05, 4.69) is 0 Å². The number of carbonyl (C=O) groups is 1. The number of hydrogen-bond acceptors (Lipinski definition) is 4. The van der Waals surface area contributed by atoms with E-state index in [1.165, 1.54) is 6.08 Å². The SMILES string of the molecule is CCOC1=CC(C#N)(OCC)C1=O. The van der Waals surface area contributed by atoms with Gasteiger partial charge in [0, 0.05) is 12.7 Å². The van der Waals surface area contributed by atoms with Crippen molar-refractivity contribution in [3.8, 4) is 6.07 Å². The Kier molecular flexibility index (Phi) is 2.69. The number of Topliss-reactive ketones (excluding diaryl/α,β-unsaturated/α-hetero) is 1. The van der Waals surface area contributed by atoms with Gasteiger partial charge in [-0.25, -0.2) is 0 Å². The molecule has 0 aromatic carbocycles. The van der Waals surface area contributed by atoms with Crippen molar-refractivity contribution >= 4 is 5.78 Å². The zero-order chi connectivity index (χ0) is 9.90. The monoisotopic (exact) mass is 181 g/mol. The smallest absolute Gasteiger partial charge is 0.247 e. The predicted octanol–water partition coefficient (Wildman–Crippen LogP) is 0.788. The Morgan fingerprint density at radius 2 is 2.23 bits per heavy atom. The molecule has 1 aliphatic carbocycles. The minimum absolute atomic E-state index is 0.234. The molecular formula is C9H11NO3. The first-order valence-corrected chi connectivity index (χ1v) is 4.15. The second kappa shape index (κ2) is 3.58. The Morgan fingerprint density at radius 1 is 1.54 bits per heavy atom. The average molecular weight is 181 g/mol. The van der Waals surface area contributed by atoms with E-state index in [1.54, 1.807) is 13.8 Å². The molecule has 1 unspecified atom stereocenters. The number of ketones is 1. The number of carbonyl (C=O) groups excluding carboxylic acids is 1. The molecule has 0 amide bonds. The predicted molar refractivity (Wildman–Crippen MR) is 44.7 cm³/mol. The van der Waals surface area contributed by atoms with E-state index in [0.29, 0.717) is 13.2 Å². The Labute approximate surface area is 76.7 Å². The Balaban J connectivity index is 2.76. The quantitative estimate of drug-likeness (QED) is 0.643. The summed E-state index contributed by atoms with van der Waals surface area (Å²) in [4.78, 5) is 11.4. The van der Waals surface area contributed by atoms with Crippen LogP contribution in [0.5, 0.6) is 0 Å². The van der Waals surface area contributed by atoms with Crippen molar-refractivity contribution in [1.29, 1.82) is 5.26 Å². The minimum Gasteiger partial charge on any atom is -0.490 e. The Bertz CT molecular complexity index is 290. The van der Waals surface area contributed by atoms with Crippen LogP contribution in [0.15, 0.2) is 11.8 Å². The van der Waals surface area contributed by atoms with E-state index in [9.17, 15) is 4.79 Å². The van der Waals surface area contributed by atoms with Crippen molar-refractivity contribution in [3.63, 3.8) is 0 Å². The fourth-order valence-electron chi connectivity index (χ4n) is 1.13. The lowest BCUT2D eigenvalue weighted by atomic mass is 9.87. The van der Waals surface area contributed by atoms with E-state index in [0.717, 1.165) is 0 Å². The van der Waals surface area contributed by atoms with Crippen LogP contribution in [0.2, 0.25) is 0 Å². The van der Waals surface area contributed by atoms with Gasteiger partial charge in [0.05, 0.1) is 6.61 Å². The molecule has 13 heavy (non-hydrogen) atoms. The highest BCUT2D eigenvalue weighted by Crippen LogP contribution is 2.30. The van der Waals surface area contributed by atoms with Gasteiger partial charge in [0.15, 0.2) is 5.76 Å². The summed E-state index contributed by atoms with van der Waals surface area (Å²) < 4.78 is 10.0. The van der Waals surface area contributed by atoms with Crippen LogP contribution in [0.3, 0.4) is 0 Å². The molecule has 0 bridgehead atoms. The normalized spacial score (nSPS) is 25.9. The molecule has 0 saturated carbocycles. The van der Waals surface area contributed by atoms with Gasteiger partial charge in [-0.05, 0) is 13.8 Å². The van der Waals surface area contributed by atoms with Crippen LogP contribution in [0.1, 0.15) is 13.8 Å². The molecule has 0 aromatic rings. The Hall–Kier alpha value is -1.34. The molecule has 70 valence electrons. The molecule has 0 saturated heterocycles. The molecule has 4 heteroatoms. The van der Waals surface area contributed by atoms with Crippen LogP contribution in [-0.2, 0) is 14.3 Å². The van der Waals surface area contributed by atoms with Crippen LogP contribution < -0.4 is 0 Å². The first-order valence-electron chi connectivity index (χ1n) is 4.15. The third-order valence-electron chi connectivity index (χ3n) is 1.73. The molecule has 1 rings (SSSR count). The van der Waals surface area contributed by atoms with Crippen LogP contribution in [0, 0.1) is 11.3 Å². The van der Waals surface area contributed by atoms with Crippen LogP contribution >= 0.6 is 0 Å². The summed E-state index contributed by atoms with van der Waals surface area (Å²) in [5, 5.41) is 8.73. The zero-order valence-corrected chi connectivity index (χ0v) is 7.66. The first kappa shape index (κ1) is 9.75. The molecular weight excluding hydrogens is 170 g/mol. The summed E-state index contributed by atoms with van der Waals surface area (Å²) in [5.41, 5.74) is -1.38. The maximum Gasteiger partial charge on any atom is 0.247 e. The van der Waals surface area contributed by atoms with Gasteiger partial charge in [-0.2, -0.15) is 5.26 Å². The van der Waals surface area contributed by atoms with Gasteiger partial charge >= 0.3 is 0 Å². The van der Waals surface area contributed by atoms with Gasteiger partial charge < -0.3 is 9.47 Å². The second-order valence-electron chi connectivity index (χ2n) is 2.55. The van der Waals surface area contributed by atoms with Crippen molar-refractivity contribution in [2.75, 3.05) is 13.2 Å². The molecule has 0 aromatic heterocycles. The minimum atomic E-state index is -1.38. The van der Waals surface area contributed by atoms with E-state index >= 15 is 0 Å². The van der Waals surface area contributed by atoms with E-state index in [4.69, 9.17) is 14.7 Å². The lowest BCUT2D eigenvalue weighted by molar-refractivity contribution is -0.137. The van der Waals surface area contributed by atoms with E-state index < -0.39 is 5.60 Å². The summed E-state index contributed by atoms with van der Waals surface area (Å²) in [7, 11) is 0. The average Bonchev–Trinajstić information content (AvgIpc) is 2.15. The molecule has 0 fully saturated rings. The molecule has 0 aliphatic heterocycles. The molecule has 1 atom stereocenters.